The first-order valence-electron chi connectivity index (χ1n) is 11.2. The Morgan fingerprint density at radius 3 is 1.55 bits per heavy atom. The van der Waals surface area contributed by atoms with Gasteiger partial charge in [-0.1, -0.05) is 121 Å². The Kier molecular flexibility index (Phi) is 6.34. The fraction of sp³-hybridized carbons (Fsp3) is 0.133. The molecular formula is C30H26O3. The number of hydrogen-bond acceptors (Lipinski definition) is 3. The van der Waals surface area contributed by atoms with Crippen LogP contribution in [0.25, 0.3) is 5.76 Å². The lowest BCUT2D eigenvalue weighted by atomic mass is 9.96. The van der Waals surface area contributed by atoms with Gasteiger partial charge in [0, 0.05) is 5.56 Å². The molecule has 1 unspecified atom stereocenters. The van der Waals surface area contributed by atoms with E-state index in [1.807, 2.05) is 109 Å². The van der Waals surface area contributed by atoms with Crippen molar-refractivity contribution in [1.82, 2.24) is 0 Å². The first-order valence-corrected chi connectivity index (χ1v) is 11.2. The Morgan fingerprint density at radius 1 is 0.576 bits per heavy atom. The average Bonchev–Trinajstić information content (AvgIpc) is 3.29. The molecule has 3 nitrogen and oxygen atoms in total. The van der Waals surface area contributed by atoms with E-state index < -0.39 is 5.97 Å². The van der Waals surface area contributed by atoms with Gasteiger partial charge in [0.05, 0.1) is 13.2 Å². The Morgan fingerprint density at radius 2 is 1.03 bits per heavy atom. The first kappa shape index (κ1) is 21.2. The van der Waals surface area contributed by atoms with Crippen molar-refractivity contribution in [3.63, 3.8) is 0 Å². The van der Waals surface area contributed by atoms with Gasteiger partial charge in [-0.3, -0.25) is 0 Å². The highest BCUT2D eigenvalue weighted by Crippen LogP contribution is 2.46. The molecule has 1 aliphatic heterocycles. The maximum atomic E-state index is 6.56. The average molecular weight is 435 g/mol. The Balaban J connectivity index is 1.52. The Labute approximate surface area is 194 Å². The molecular weight excluding hydrogens is 408 g/mol. The molecule has 0 aromatic heterocycles. The molecule has 164 valence electrons. The number of ether oxygens (including phenoxy) is 3. The summed E-state index contributed by atoms with van der Waals surface area (Å²) in [5, 5.41) is 0. The second-order valence-corrected chi connectivity index (χ2v) is 8.04. The van der Waals surface area contributed by atoms with Gasteiger partial charge in [-0.05, 0) is 22.8 Å². The van der Waals surface area contributed by atoms with Crippen LogP contribution in [0.1, 0.15) is 28.2 Å². The van der Waals surface area contributed by atoms with E-state index in [2.05, 4.69) is 18.2 Å². The van der Waals surface area contributed by atoms with Crippen molar-refractivity contribution in [1.29, 1.82) is 0 Å². The van der Waals surface area contributed by atoms with Gasteiger partial charge in [0.1, 0.15) is 11.7 Å². The summed E-state index contributed by atoms with van der Waals surface area (Å²) < 4.78 is 19.6. The van der Waals surface area contributed by atoms with Crippen molar-refractivity contribution in [2.24, 2.45) is 0 Å². The minimum atomic E-state index is -1.29. The van der Waals surface area contributed by atoms with Crippen molar-refractivity contribution in [3.8, 4) is 0 Å². The maximum absolute atomic E-state index is 6.56. The van der Waals surface area contributed by atoms with E-state index in [0.717, 1.165) is 28.0 Å². The topological polar surface area (TPSA) is 27.7 Å². The van der Waals surface area contributed by atoms with E-state index in [1.165, 1.54) is 0 Å². The molecule has 0 aliphatic carbocycles. The molecule has 0 radical (unpaired) electrons. The van der Waals surface area contributed by atoms with Gasteiger partial charge in [-0.2, -0.15) is 0 Å². The molecule has 4 aromatic rings. The predicted molar refractivity (Wildman–Crippen MR) is 130 cm³/mol. The maximum Gasteiger partial charge on any atom is 0.338 e. The van der Waals surface area contributed by atoms with Crippen LogP contribution in [0.5, 0.6) is 0 Å². The van der Waals surface area contributed by atoms with Crippen molar-refractivity contribution in [2.45, 2.75) is 25.1 Å². The van der Waals surface area contributed by atoms with Crippen LogP contribution in [0.3, 0.4) is 0 Å². The molecule has 0 bridgehead atoms. The van der Waals surface area contributed by atoms with Gasteiger partial charge < -0.3 is 14.2 Å². The van der Waals surface area contributed by atoms with E-state index in [4.69, 9.17) is 14.2 Å². The Hall–Kier alpha value is -3.66. The second-order valence-electron chi connectivity index (χ2n) is 8.04. The molecule has 0 N–H and O–H groups in total. The molecule has 1 atom stereocenters. The normalized spacial score (nSPS) is 16.7. The van der Waals surface area contributed by atoms with E-state index in [-0.39, 0.29) is 5.92 Å². The van der Waals surface area contributed by atoms with E-state index >= 15 is 0 Å². The van der Waals surface area contributed by atoms with Gasteiger partial charge in [-0.15, -0.1) is 0 Å². The fourth-order valence-electron chi connectivity index (χ4n) is 4.02. The summed E-state index contributed by atoms with van der Waals surface area (Å²) in [6.07, 6.45) is 2.11. The molecule has 0 saturated heterocycles. The first-order chi connectivity index (χ1) is 16.3. The second kappa shape index (κ2) is 9.86. The third-order valence-corrected chi connectivity index (χ3v) is 5.73. The minimum absolute atomic E-state index is 0.235. The lowest BCUT2D eigenvalue weighted by molar-refractivity contribution is -0.364. The standard InChI is InChI=1S/C30H26O3/c1-5-13-24(14-6-1)22-31-30(32-23-25-15-7-2-8-16-25)28(26-17-9-3-10-18-26)21-29(33-30)27-19-11-4-12-20-27/h1-21,28H,22-23H2. The number of benzene rings is 4. The largest absolute Gasteiger partial charge is 0.438 e. The van der Waals surface area contributed by atoms with Gasteiger partial charge in [0.25, 0.3) is 0 Å². The van der Waals surface area contributed by atoms with Crippen LogP contribution in [-0.4, -0.2) is 5.97 Å². The van der Waals surface area contributed by atoms with E-state index in [1.54, 1.807) is 0 Å². The monoisotopic (exact) mass is 434 g/mol. The van der Waals surface area contributed by atoms with E-state index in [0.29, 0.717) is 13.2 Å². The van der Waals surface area contributed by atoms with Crippen LogP contribution in [0, 0.1) is 0 Å². The summed E-state index contributed by atoms with van der Waals surface area (Å²) in [5.74, 6) is -0.773. The predicted octanol–water partition coefficient (Wildman–Crippen LogP) is 6.93. The van der Waals surface area contributed by atoms with Crippen LogP contribution in [0.4, 0.5) is 0 Å². The number of hydrogen-bond donors (Lipinski definition) is 0. The molecule has 1 heterocycles. The molecule has 0 fully saturated rings. The minimum Gasteiger partial charge on any atom is -0.438 e. The molecule has 0 saturated carbocycles. The molecule has 1 aliphatic rings. The molecule has 3 heteroatoms. The zero-order valence-corrected chi connectivity index (χ0v) is 18.3. The highest BCUT2D eigenvalue weighted by Gasteiger charge is 2.49. The summed E-state index contributed by atoms with van der Waals surface area (Å²) >= 11 is 0. The molecule has 0 spiro atoms. The van der Waals surface area contributed by atoms with Gasteiger partial charge in [-0.25, -0.2) is 0 Å². The van der Waals surface area contributed by atoms with Crippen molar-refractivity contribution in [2.75, 3.05) is 0 Å². The lowest BCUT2D eigenvalue weighted by Gasteiger charge is -2.34. The third-order valence-electron chi connectivity index (χ3n) is 5.73. The van der Waals surface area contributed by atoms with Crippen LogP contribution >= 0.6 is 0 Å². The number of rotatable bonds is 8. The van der Waals surface area contributed by atoms with Crippen LogP contribution in [-0.2, 0) is 27.4 Å². The molecule has 0 amide bonds. The lowest BCUT2D eigenvalue weighted by Crippen LogP contribution is -2.41. The molecule has 5 rings (SSSR count). The van der Waals surface area contributed by atoms with Crippen LogP contribution < -0.4 is 0 Å². The molecule has 33 heavy (non-hydrogen) atoms. The summed E-state index contributed by atoms with van der Waals surface area (Å²) in [6.45, 7) is 0.740. The van der Waals surface area contributed by atoms with Gasteiger partial charge >= 0.3 is 5.97 Å². The highest BCUT2D eigenvalue weighted by molar-refractivity contribution is 5.63. The van der Waals surface area contributed by atoms with Gasteiger partial charge in [0.15, 0.2) is 0 Å². The van der Waals surface area contributed by atoms with Crippen LogP contribution in [0.2, 0.25) is 0 Å². The van der Waals surface area contributed by atoms with E-state index in [9.17, 15) is 0 Å². The summed E-state index contributed by atoms with van der Waals surface area (Å²) in [6, 6.07) is 40.6. The third kappa shape index (κ3) is 4.90. The van der Waals surface area contributed by atoms with Crippen molar-refractivity contribution in [3.05, 3.63) is 150 Å². The quantitative estimate of drug-likeness (QED) is 0.282. The zero-order chi connectivity index (χ0) is 22.3. The van der Waals surface area contributed by atoms with Crippen molar-refractivity contribution >= 4 is 5.76 Å². The SMILES string of the molecule is C1=C(c2ccccc2)OC(OCc2ccccc2)(OCc2ccccc2)C1c1ccccc1. The fourth-order valence-corrected chi connectivity index (χ4v) is 4.02. The zero-order valence-electron chi connectivity index (χ0n) is 18.3. The summed E-state index contributed by atoms with van der Waals surface area (Å²) in [4.78, 5) is 0. The highest BCUT2D eigenvalue weighted by atomic mass is 16.9. The Bertz CT molecular complexity index is 1130. The van der Waals surface area contributed by atoms with Gasteiger partial charge in [0.2, 0.25) is 0 Å². The molecule has 4 aromatic carbocycles. The smallest absolute Gasteiger partial charge is 0.338 e. The van der Waals surface area contributed by atoms with Crippen LogP contribution in [0.15, 0.2) is 127 Å². The summed E-state index contributed by atoms with van der Waals surface area (Å²) in [7, 11) is 0. The summed E-state index contributed by atoms with van der Waals surface area (Å²) in [5.41, 5.74) is 4.18. The van der Waals surface area contributed by atoms with Crippen molar-refractivity contribution < 1.29 is 14.2 Å².